The SMILES string of the molecule is NCCOc1ccccc1NC1CCCCCC1. The van der Waals surface area contributed by atoms with E-state index in [0.29, 0.717) is 19.2 Å². The highest BCUT2D eigenvalue weighted by Crippen LogP contribution is 2.27. The van der Waals surface area contributed by atoms with Gasteiger partial charge in [0.05, 0.1) is 5.69 Å². The number of nitrogens with one attached hydrogen (secondary N) is 1. The fourth-order valence-electron chi connectivity index (χ4n) is 2.52. The van der Waals surface area contributed by atoms with E-state index in [-0.39, 0.29) is 0 Å². The molecule has 0 radical (unpaired) electrons. The molecule has 0 aliphatic heterocycles. The standard InChI is InChI=1S/C15H24N2O/c16-11-12-18-15-10-6-5-9-14(15)17-13-7-3-1-2-4-8-13/h5-6,9-10,13,17H,1-4,7-8,11-12,16H2. The summed E-state index contributed by atoms with van der Waals surface area (Å²) >= 11 is 0. The monoisotopic (exact) mass is 248 g/mol. The molecule has 1 fully saturated rings. The second-order valence-electron chi connectivity index (χ2n) is 4.97. The second kappa shape index (κ2) is 7.27. The lowest BCUT2D eigenvalue weighted by Crippen LogP contribution is -2.19. The van der Waals surface area contributed by atoms with Crippen LogP contribution < -0.4 is 15.8 Å². The number of hydrogen-bond donors (Lipinski definition) is 2. The van der Waals surface area contributed by atoms with E-state index in [0.717, 1.165) is 11.4 Å². The number of rotatable bonds is 5. The van der Waals surface area contributed by atoms with Gasteiger partial charge in [0, 0.05) is 12.6 Å². The zero-order valence-corrected chi connectivity index (χ0v) is 11.0. The Morgan fingerprint density at radius 1 is 1.11 bits per heavy atom. The number of para-hydroxylation sites is 2. The molecule has 0 aromatic heterocycles. The predicted octanol–water partition coefficient (Wildman–Crippen LogP) is 3.16. The lowest BCUT2D eigenvalue weighted by molar-refractivity contribution is 0.329. The first-order chi connectivity index (χ1) is 8.90. The van der Waals surface area contributed by atoms with Crippen molar-refractivity contribution in [3.8, 4) is 5.75 Å². The summed E-state index contributed by atoms with van der Waals surface area (Å²) in [6.45, 7) is 1.13. The Bertz CT molecular complexity index is 346. The van der Waals surface area contributed by atoms with E-state index in [2.05, 4.69) is 11.4 Å². The Hall–Kier alpha value is -1.22. The summed E-state index contributed by atoms with van der Waals surface area (Å²) in [4.78, 5) is 0. The molecule has 3 nitrogen and oxygen atoms in total. The molecule has 1 aromatic rings. The van der Waals surface area contributed by atoms with Crippen LogP contribution in [0.1, 0.15) is 38.5 Å². The van der Waals surface area contributed by atoms with Crippen molar-refractivity contribution in [1.82, 2.24) is 0 Å². The van der Waals surface area contributed by atoms with Crippen LogP contribution in [0.4, 0.5) is 5.69 Å². The van der Waals surface area contributed by atoms with Gasteiger partial charge in [-0.15, -0.1) is 0 Å². The Labute approximate surface area is 110 Å². The van der Waals surface area contributed by atoms with Crippen LogP contribution in [-0.4, -0.2) is 19.2 Å². The highest BCUT2D eigenvalue weighted by atomic mass is 16.5. The Morgan fingerprint density at radius 2 is 1.83 bits per heavy atom. The van der Waals surface area contributed by atoms with Crippen molar-refractivity contribution in [2.45, 2.75) is 44.6 Å². The highest BCUT2D eigenvalue weighted by molar-refractivity contribution is 5.56. The Kier molecular flexibility index (Phi) is 5.34. The zero-order chi connectivity index (χ0) is 12.6. The summed E-state index contributed by atoms with van der Waals surface area (Å²) in [6.07, 6.45) is 7.97. The second-order valence-corrected chi connectivity index (χ2v) is 4.97. The normalized spacial score (nSPS) is 17.2. The molecular weight excluding hydrogens is 224 g/mol. The molecule has 2 rings (SSSR count). The van der Waals surface area contributed by atoms with Crippen LogP contribution in [0.25, 0.3) is 0 Å². The maximum absolute atomic E-state index is 5.67. The van der Waals surface area contributed by atoms with E-state index in [4.69, 9.17) is 10.5 Å². The van der Waals surface area contributed by atoms with Gasteiger partial charge in [0.15, 0.2) is 0 Å². The minimum Gasteiger partial charge on any atom is -0.490 e. The number of anilines is 1. The maximum atomic E-state index is 5.67. The summed E-state index contributed by atoms with van der Waals surface area (Å²) < 4.78 is 5.67. The van der Waals surface area contributed by atoms with Gasteiger partial charge in [-0.25, -0.2) is 0 Å². The van der Waals surface area contributed by atoms with E-state index < -0.39 is 0 Å². The lowest BCUT2D eigenvalue weighted by atomic mass is 10.1. The first kappa shape index (κ1) is 13.2. The average Bonchev–Trinajstić information content (AvgIpc) is 2.66. The molecule has 0 spiro atoms. The third kappa shape index (κ3) is 3.91. The number of nitrogens with two attached hydrogens (primary N) is 1. The lowest BCUT2D eigenvalue weighted by Gasteiger charge is -2.20. The van der Waals surface area contributed by atoms with Crippen LogP contribution in [0.15, 0.2) is 24.3 Å². The average molecular weight is 248 g/mol. The van der Waals surface area contributed by atoms with Gasteiger partial charge < -0.3 is 15.8 Å². The molecule has 0 bridgehead atoms. The topological polar surface area (TPSA) is 47.3 Å². The van der Waals surface area contributed by atoms with Crippen molar-refractivity contribution in [1.29, 1.82) is 0 Å². The maximum Gasteiger partial charge on any atom is 0.142 e. The molecule has 0 atom stereocenters. The molecule has 0 saturated heterocycles. The Morgan fingerprint density at radius 3 is 2.56 bits per heavy atom. The smallest absolute Gasteiger partial charge is 0.142 e. The van der Waals surface area contributed by atoms with Gasteiger partial charge in [-0.2, -0.15) is 0 Å². The molecule has 1 aliphatic rings. The molecule has 0 amide bonds. The van der Waals surface area contributed by atoms with Crippen LogP contribution in [0.2, 0.25) is 0 Å². The van der Waals surface area contributed by atoms with E-state index in [9.17, 15) is 0 Å². The van der Waals surface area contributed by atoms with Gasteiger partial charge in [-0.05, 0) is 25.0 Å². The van der Waals surface area contributed by atoms with Crippen molar-refractivity contribution in [3.05, 3.63) is 24.3 Å². The largest absolute Gasteiger partial charge is 0.490 e. The van der Waals surface area contributed by atoms with Gasteiger partial charge >= 0.3 is 0 Å². The van der Waals surface area contributed by atoms with E-state index in [1.807, 2.05) is 18.2 Å². The van der Waals surface area contributed by atoms with Crippen LogP contribution >= 0.6 is 0 Å². The molecular formula is C15H24N2O. The van der Waals surface area contributed by atoms with Crippen molar-refractivity contribution in [2.24, 2.45) is 5.73 Å². The summed E-state index contributed by atoms with van der Waals surface area (Å²) in [5.41, 5.74) is 6.60. The minimum atomic E-state index is 0.553. The van der Waals surface area contributed by atoms with Crippen molar-refractivity contribution in [3.63, 3.8) is 0 Å². The van der Waals surface area contributed by atoms with Gasteiger partial charge in [-0.1, -0.05) is 37.8 Å². The molecule has 3 N–H and O–H groups in total. The molecule has 1 saturated carbocycles. The van der Waals surface area contributed by atoms with Gasteiger partial charge in [0.25, 0.3) is 0 Å². The third-order valence-corrected chi connectivity index (χ3v) is 3.48. The summed E-state index contributed by atoms with van der Waals surface area (Å²) in [7, 11) is 0. The van der Waals surface area contributed by atoms with E-state index in [1.54, 1.807) is 0 Å². The van der Waals surface area contributed by atoms with Gasteiger partial charge in [0.1, 0.15) is 12.4 Å². The fourth-order valence-corrected chi connectivity index (χ4v) is 2.52. The third-order valence-electron chi connectivity index (χ3n) is 3.48. The molecule has 1 aromatic carbocycles. The van der Waals surface area contributed by atoms with E-state index >= 15 is 0 Å². The molecule has 3 heteroatoms. The van der Waals surface area contributed by atoms with Crippen LogP contribution in [0, 0.1) is 0 Å². The summed E-state index contributed by atoms with van der Waals surface area (Å²) in [6, 6.07) is 8.75. The molecule has 1 aliphatic carbocycles. The van der Waals surface area contributed by atoms with Gasteiger partial charge in [0.2, 0.25) is 0 Å². The quantitative estimate of drug-likeness (QED) is 0.787. The molecule has 100 valence electrons. The molecule has 18 heavy (non-hydrogen) atoms. The van der Waals surface area contributed by atoms with Crippen molar-refractivity contribution >= 4 is 5.69 Å². The predicted molar refractivity (Wildman–Crippen MR) is 76.1 cm³/mol. The fraction of sp³-hybridized carbons (Fsp3) is 0.600. The minimum absolute atomic E-state index is 0.553. The summed E-state index contributed by atoms with van der Waals surface area (Å²) in [5, 5.41) is 3.63. The summed E-state index contributed by atoms with van der Waals surface area (Å²) in [5.74, 6) is 0.923. The number of ether oxygens (including phenoxy) is 1. The zero-order valence-electron chi connectivity index (χ0n) is 11.0. The number of hydrogen-bond acceptors (Lipinski definition) is 3. The highest BCUT2D eigenvalue weighted by Gasteiger charge is 2.13. The molecule has 0 heterocycles. The first-order valence-electron chi connectivity index (χ1n) is 7.08. The Balaban J connectivity index is 1.98. The number of benzene rings is 1. The van der Waals surface area contributed by atoms with Crippen molar-refractivity contribution < 1.29 is 4.74 Å². The van der Waals surface area contributed by atoms with E-state index in [1.165, 1.54) is 38.5 Å². The van der Waals surface area contributed by atoms with Gasteiger partial charge in [-0.3, -0.25) is 0 Å². The van der Waals surface area contributed by atoms with Crippen LogP contribution in [0.3, 0.4) is 0 Å². The van der Waals surface area contributed by atoms with Crippen LogP contribution in [-0.2, 0) is 0 Å². The molecule has 0 unspecified atom stereocenters. The first-order valence-corrected chi connectivity index (χ1v) is 7.08. The van der Waals surface area contributed by atoms with Crippen LogP contribution in [0.5, 0.6) is 5.75 Å². The van der Waals surface area contributed by atoms with Crippen molar-refractivity contribution in [2.75, 3.05) is 18.5 Å².